The zero-order chi connectivity index (χ0) is 15.2. The molecule has 2 rings (SSSR count). The Morgan fingerprint density at radius 3 is 2.86 bits per heavy atom. The van der Waals surface area contributed by atoms with Crippen LogP contribution >= 0.6 is 15.9 Å². The van der Waals surface area contributed by atoms with Gasteiger partial charge < -0.3 is 10.1 Å². The van der Waals surface area contributed by atoms with Gasteiger partial charge in [0.05, 0.1) is 0 Å². The number of benzene rings is 1. The van der Waals surface area contributed by atoms with E-state index in [0.717, 1.165) is 23.0 Å². The highest BCUT2D eigenvalue weighted by molar-refractivity contribution is 9.10. The van der Waals surface area contributed by atoms with Crippen molar-refractivity contribution in [3.8, 4) is 11.6 Å². The van der Waals surface area contributed by atoms with Gasteiger partial charge in [-0.05, 0) is 65.6 Å². The first-order valence-corrected chi connectivity index (χ1v) is 7.68. The van der Waals surface area contributed by atoms with Crippen LogP contribution in [0.15, 0.2) is 34.9 Å². The summed E-state index contributed by atoms with van der Waals surface area (Å²) in [6.45, 7) is 5.43. The number of ether oxygens (including phenoxy) is 1. The van der Waals surface area contributed by atoms with Crippen LogP contribution in [0.2, 0.25) is 0 Å². The number of aromatic nitrogens is 1. The molecule has 1 aromatic carbocycles. The van der Waals surface area contributed by atoms with Gasteiger partial charge in [-0.3, -0.25) is 0 Å². The topological polar surface area (TPSA) is 34.2 Å². The number of aryl methyl sites for hydroxylation is 1. The molecule has 0 aliphatic heterocycles. The number of nitrogens with one attached hydrogen (secondary N) is 1. The maximum Gasteiger partial charge on any atom is 0.223 e. The summed E-state index contributed by atoms with van der Waals surface area (Å²) >= 11 is 3.42. The van der Waals surface area contributed by atoms with Crippen molar-refractivity contribution in [2.75, 3.05) is 6.54 Å². The van der Waals surface area contributed by atoms with Gasteiger partial charge in [-0.15, -0.1) is 0 Å². The van der Waals surface area contributed by atoms with E-state index in [1.165, 1.54) is 6.07 Å². The molecule has 1 aromatic heterocycles. The number of hydrogen-bond donors (Lipinski definition) is 1. The molecule has 0 spiro atoms. The highest BCUT2D eigenvalue weighted by atomic mass is 79.9. The average molecular weight is 353 g/mol. The number of halogens is 2. The lowest BCUT2D eigenvalue weighted by Crippen LogP contribution is -2.14. The van der Waals surface area contributed by atoms with Crippen LogP contribution in [0.5, 0.6) is 11.6 Å². The highest BCUT2D eigenvalue weighted by Gasteiger charge is 2.09. The molecule has 21 heavy (non-hydrogen) atoms. The van der Waals surface area contributed by atoms with Gasteiger partial charge in [0.25, 0.3) is 0 Å². The van der Waals surface area contributed by atoms with E-state index < -0.39 is 0 Å². The predicted octanol–water partition coefficient (Wildman–Crippen LogP) is 4.58. The minimum absolute atomic E-state index is 0.240. The Morgan fingerprint density at radius 2 is 2.14 bits per heavy atom. The first-order chi connectivity index (χ1) is 10.1. The quantitative estimate of drug-likeness (QED) is 0.772. The summed E-state index contributed by atoms with van der Waals surface area (Å²) in [7, 11) is 0. The fourth-order valence-corrected chi connectivity index (χ4v) is 2.26. The first-order valence-electron chi connectivity index (χ1n) is 6.89. The second kappa shape index (κ2) is 7.52. The Hall–Kier alpha value is -1.46. The van der Waals surface area contributed by atoms with E-state index in [9.17, 15) is 4.39 Å². The Labute approximate surface area is 132 Å². The normalized spacial score (nSPS) is 10.7. The molecule has 0 amide bonds. The highest BCUT2D eigenvalue weighted by Crippen LogP contribution is 2.26. The summed E-state index contributed by atoms with van der Waals surface area (Å²) in [4.78, 5) is 4.30. The summed E-state index contributed by atoms with van der Waals surface area (Å²) in [5.41, 5.74) is 1.51. The van der Waals surface area contributed by atoms with Crippen LogP contribution in [0.3, 0.4) is 0 Å². The van der Waals surface area contributed by atoms with Crippen LogP contribution in [0.1, 0.15) is 24.5 Å². The summed E-state index contributed by atoms with van der Waals surface area (Å²) in [5, 5.41) is 3.32. The lowest BCUT2D eigenvalue weighted by molar-refractivity contribution is 0.450. The van der Waals surface area contributed by atoms with E-state index in [1.807, 2.05) is 6.07 Å². The molecule has 0 bridgehead atoms. The van der Waals surface area contributed by atoms with E-state index in [-0.39, 0.29) is 5.82 Å². The molecule has 0 aliphatic carbocycles. The molecule has 0 fully saturated rings. The second-order valence-electron chi connectivity index (χ2n) is 4.81. The molecule has 0 radical (unpaired) electrons. The van der Waals surface area contributed by atoms with E-state index in [4.69, 9.17) is 4.74 Å². The minimum Gasteiger partial charge on any atom is -0.439 e. The Kier molecular flexibility index (Phi) is 5.70. The monoisotopic (exact) mass is 352 g/mol. The average Bonchev–Trinajstić information content (AvgIpc) is 2.46. The van der Waals surface area contributed by atoms with Crippen molar-refractivity contribution in [1.82, 2.24) is 10.3 Å². The van der Waals surface area contributed by atoms with Crippen LogP contribution < -0.4 is 10.1 Å². The van der Waals surface area contributed by atoms with Crippen LogP contribution in [0.25, 0.3) is 0 Å². The van der Waals surface area contributed by atoms with Gasteiger partial charge >= 0.3 is 0 Å². The third-order valence-electron chi connectivity index (χ3n) is 2.98. The maximum atomic E-state index is 13.3. The van der Waals surface area contributed by atoms with Gasteiger partial charge in [0, 0.05) is 22.8 Å². The molecule has 0 unspecified atom stereocenters. The molecular formula is C16H18BrFN2O. The van der Waals surface area contributed by atoms with Crippen LogP contribution in [0.4, 0.5) is 4.39 Å². The van der Waals surface area contributed by atoms with Crippen molar-refractivity contribution in [1.29, 1.82) is 0 Å². The molecule has 0 saturated heterocycles. The number of hydrogen-bond acceptors (Lipinski definition) is 3. The Morgan fingerprint density at radius 1 is 1.33 bits per heavy atom. The van der Waals surface area contributed by atoms with Gasteiger partial charge in [0.15, 0.2) is 0 Å². The van der Waals surface area contributed by atoms with Crippen LogP contribution in [0, 0.1) is 12.7 Å². The van der Waals surface area contributed by atoms with Gasteiger partial charge in [0.2, 0.25) is 5.88 Å². The van der Waals surface area contributed by atoms with E-state index in [0.29, 0.717) is 23.7 Å². The van der Waals surface area contributed by atoms with Gasteiger partial charge in [0.1, 0.15) is 11.6 Å². The summed E-state index contributed by atoms with van der Waals surface area (Å²) < 4.78 is 20.0. The van der Waals surface area contributed by atoms with Crippen LogP contribution in [-0.2, 0) is 6.54 Å². The SMILES string of the molecule is CCCNCc1cc(Br)cnc1Oc1ccc(F)c(C)c1. The Balaban J connectivity index is 2.19. The molecule has 3 nitrogen and oxygen atoms in total. The van der Waals surface area contributed by atoms with E-state index >= 15 is 0 Å². The predicted molar refractivity (Wildman–Crippen MR) is 85.1 cm³/mol. The first kappa shape index (κ1) is 15.9. The van der Waals surface area contributed by atoms with Crippen molar-refractivity contribution < 1.29 is 9.13 Å². The van der Waals surface area contributed by atoms with Gasteiger partial charge in [-0.25, -0.2) is 9.37 Å². The third-order valence-corrected chi connectivity index (χ3v) is 3.41. The summed E-state index contributed by atoms with van der Waals surface area (Å²) in [6.07, 6.45) is 2.75. The van der Waals surface area contributed by atoms with Crippen molar-refractivity contribution in [3.63, 3.8) is 0 Å². The lowest BCUT2D eigenvalue weighted by atomic mass is 10.2. The fraction of sp³-hybridized carbons (Fsp3) is 0.312. The lowest BCUT2D eigenvalue weighted by Gasteiger charge is -2.11. The van der Waals surface area contributed by atoms with E-state index in [2.05, 4.69) is 33.2 Å². The molecule has 5 heteroatoms. The molecule has 0 aliphatic rings. The zero-order valence-corrected chi connectivity index (χ0v) is 13.7. The largest absolute Gasteiger partial charge is 0.439 e. The molecule has 1 N–H and O–H groups in total. The second-order valence-corrected chi connectivity index (χ2v) is 5.72. The summed E-state index contributed by atoms with van der Waals surface area (Å²) in [6, 6.07) is 6.65. The Bertz CT molecular complexity index is 619. The van der Waals surface area contributed by atoms with Crippen molar-refractivity contribution >= 4 is 15.9 Å². The molecule has 0 atom stereocenters. The molecule has 112 valence electrons. The number of pyridine rings is 1. The fourth-order valence-electron chi connectivity index (χ4n) is 1.88. The number of nitrogens with zero attached hydrogens (tertiary/aromatic N) is 1. The smallest absolute Gasteiger partial charge is 0.223 e. The molecule has 2 aromatic rings. The standard InChI is InChI=1S/C16H18BrFN2O/c1-3-6-19-9-12-8-13(17)10-20-16(12)21-14-4-5-15(18)11(2)7-14/h4-5,7-8,10,19H,3,6,9H2,1-2H3. The number of rotatable bonds is 6. The van der Waals surface area contributed by atoms with Crippen molar-refractivity contribution in [3.05, 3.63) is 51.9 Å². The summed E-state index contributed by atoms with van der Waals surface area (Å²) in [5.74, 6) is 0.879. The molecule has 0 saturated carbocycles. The zero-order valence-electron chi connectivity index (χ0n) is 12.1. The van der Waals surface area contributed by atoms with Crippen molar-refractivity contribution in [2.24, 2.45) is 0 Å². The third kappa shape index (κ3) is 4.51. The van der Waals surface area contributed by atoms with Gasteiger partial charge in [-0.1, -0.05) is 6.92 Å². The minimum atomic E-state index is -0.240. The van der Waals surface area contributed by atoms with Gasteiger partial charge in [-0.2, -0.15) is 0 Å². The van der Waals surface area contributed by atoms with Crippen molar-refractivity contribution in [2.45, 2.75) is 26.8 Å². The molecule has 1 heterocycles. The van der Waals surface area contributed by atoms with E-state index in [1.54, 1.807) is 25.3 Å². The molecular weight excluding hydrogens is 335 g/mol. The van der Waals surface area contributed by atoms with Crippen LogP contribution in [-0.4, -0.2) is 11.5 Å². The maximum absolute atomic E-state index is 13.3.